The summed E-state index contributed by atoms with van der Waals surface area (Å²) in [6, 6.07) is 18.2. The molecule has 2 aromatic carbocycles. The number of likely N-dealkylation sites (N-methyl/N-ethyl adjacent to an activating group) is 1. The van der Waals surface area contributed by atoms with E-state index in [0.29, 0.717) is 30.7 Å². The van der Waals surface area contributed by atoms with E-state index in [1.54, 1.807) is 27.8 Å². The van der Waals surface area contributed by atoms with Gasteiger partial charge in [0.2, 0.25) is 23.6 Å². The van der Waals surface area contributed by atoms with Crippen LogP contribution in [0, 0.1) is 0 Å². The third-order valence-electron chi connectivity index (χ3n) is 8.95. The molecule has 0 spiro atoms. The molecule has 5 rings (SSSR count). The molecule has 310 valence electrons. The summed E-state index contributed by atoms with van der Waals surface area (Å²) in [5.74, 6) is -1.09. The van der Waals surface area contributed by atoms with E-state index in [4.69, 9.17) is 23.5 Å². The van der Waals surface area contributed by atoms with Gasteiger partial charge in [-0.2, -0.15) is 4.98 Å². The van der Waals surface area contributed by atoms with Crippen LogP contribution in [0.2, 0.25) is 0 Å². The van der Waals surface area contributed by atoms with Crippen LogP contribution in [0.25, 0.3) is 0 Å². The zero-order valence-corrected chi connectivity index (χ0v) is 33.6. The van der Waals surface area contributed by atoms with Crippen LogP contribution in [0.4, 0.5) is 0 Å². The summed E-state index contributed by atoms with van der Waals surface area (Å²) in [5.41, 5.74) is 0.986. The molecule has 2 heterocycles. The number of ether oxygens (including phenoxy) is 4. The van der Waals surface area contributed by atoms with Gasteiger partial charge in [0.15, 0.2) is 5.82 Å². The van der Waals surface area contributed by atoms with Crippen LogP contribution in [0.5, 0.6) is 11.6 Å². The predicted octanol–water partition coefficient (Wildman–Crippen LogP) is 3.45. The maximum Gasteiger partial charge on any atom is 0.308 e. The zero-order chi connectivity index (χ0) is 41.5. The number of carbonyl (C=O) groups is 4. The molecule has 0 bridgehead atoms. The van der Waals surface area contributed by atoms with E-state index in [0.717, 1.165) is 24.0 Å². The lowest BCUT2D eigenvalue weighted by Gasteiger charge is -2.24. The summed E-state index contributed by atoms with van der Waals surface area (Å²) in [5, 5.41) is 15.5. The fraction of sp³-hybridized carbons (Fsp3) is 0.452. The minimum absolute atomic E-state index is 0.0602. The predicted molar refractivity (Wildman–Crippen MR) is 212 cm³/mol. The molecule has 0 radical (unpaired) electrons. The SMILES string of the molecule is CN[C@H](COCc1ccccc1)C(=O)N[C@@H](COc1ccnc(OC)c1C(=O)N[C@@H](CC(=O)OC(C)(C)C)C(=O)NCCc1nc(C2CC2)no1)Cc1ccccc1. The van der Waals surface area contributed by atoms with Crippen molar-refractivity contribution in [3.05, 3.63) is 101 Å². The summed E-state index contributed by atoms with van der Waals surface area (Å²) < 4.78 is 28.3. The first-order chi connectivity index (χ1) is 27.9. The molecule has 16 nitrogen and oxygen atoms in total. The zero-order valence-electron chi connectivity index (χ0n) is 33.6. The van der Waals surface area contributed by atoms with E-state index in [1.165, 1.54) is 19.4 Å². The Labute approximate surface area is 338 Å². The van der Waals surface area contributed by atoms with Gasteiger partial charge in [-0.25, -0.2) is 4.98 Å². The van der Waals surface area contributed by atoms with Crippen LogP contribution in [0.1, 0.15) is 79.2 Å². The van der Waals surface area contributed by atoms with Gasteiger partial charge in [0.05, 0.1) is 32.8 Å². The maximum absolute atomic E-state index is 14.1. The van der Waals surface area contributed by atoms with Crippen molar-refractivity contribution < 1.29 is 42.6 Å². The van der Waals surface area contributed by atoms with E-state index in [2.05, 4.69) is 36.4 Å². The molecule has 1 fully saturated rings. The molecule has 1 aliphatic carbocycles. The second-order valence-corrected chi connectivity index (χ2v) is 14.9. The monoisotopic (exact) mass is 799 g/mol. The number of hydrogen-bond acceptors (Lipinski definition) is 13. The fourth-order valence-corrected chi connectivity index (χ4v) is 5.89. The lowest BCUT2D eigenvalue weighted by atomic mass is 10.1. The van der Waals surface area contributed by atoms with Crippen LogP contribution in [-0.4, -0.2) is 96.5 Å². The summed E-state index contributed by atoms with van der Waals surface area (Å²) in [7, 11) is 3.03. The third kappa shape index (κ3) is 13.7. The first kappa shape index (κ1) is 43.3. The van der Waals surface area contributed by atoms with Gasteiger partial charge in [-0.15, -0.1) is 0 Å². The van der Waals surface area contributed by atoms with Crippen molar-refractivity contribution in [2.75, 3.05) is 33.9 Å². The van der Waals surface area contributed by atoms with Crippen molar-refractivity contribution in [3.8, 4) is 11.6 Å². The number of nitrogens with zero attached hydrogens (tertiary/aromatic N) is 3. The van der Waals surface area contributed by atoms with Gasteiger partial charge >= 0.3 is 5.97 Å². The van der Waals surface area contributed by atoms with Gasteiger partial charge < -0.3 is 44.7 Å². The number of carbonyl (C=O) groups excluding carboxylic acids is 4. The topological polar surface area (TPSA) is 205 Å². The Hall–Kier alpha value is -5.87. The first-order valence-corrected chi connectivity index (χ1v) is 19.3. The van der Waals surface area contributed by atoms with Crippen LogP contribution >= 0.6 is 0 Å². The Balaban J connectivity index is 1.28. The van der Waals surface area contributed by atoms with Gasteiger partial charge in [0.1, 0.15) is 35.6 Å². The highest BCUT2D eigenvalue weighted by Crippen LogP contribution is 2.38. The van der Waals surface area contributed by atoms with Crippen LogP contribution in [0.3, 0.4) is 0 Å². The number of aromatic nitrogens is 3. The van der Waals surface area contributed by atoms with Gasteiger partial charge in [-0.1, -0.05) is 65.8 Å². The Bertz CT molecular complexity index is 1950. The standard InChI is InChI=1S/C42H53N7O9/c1-42(2,3)57-35(50)23-31(38(51)44-21-19-34-48-37(49-58-34)29-16-17-29)47-40(53)36-33(18-20-45-41(36)54-5)56-25-30(22-27-12-8-6-9-13-27)46-39(52)32(43-4)26-55-24-28-14-10-7-11-15-28/h6-15,18,20,29-32,43H,16-17,19,21-26H2,1-5H3,(H,44,51)(H,46,52)(H,47,53)/t30-,31+,32-/m1/s1. The van der Waals surface area contributed by atoms with Crippen LogP contribution in [0.15, 0.2) is 77.4 Å². The Morgan fingerprint density at radius 2 is 1.60 bits per heavy atom. The highest BCUT2D eigenvalue weighted by atomic mass is 16.6. The summed E-state index contributed by atoms with van der Waals surface area (Å²) >= 11 is 0. The van der Waals surface area contributed by atoms with E-state index in [9.17, 15) is 19.2 Å². The average Bonchev–Trinajstić information content (AvgIpc) is 3.95. The smallest absolute Gasteiger partial charge is 0.308 e. The maximum atomic E-state index is 14.1. The molecule has 0 unspecified atom stereocenters. The molecule has 3 amide bonds. The largest absolute Gasteiger partial charge is 0.490 e. The molecular weight excluding hydrogens is 747 g/mol. The van der Waals surface area contributed by atoms with Gasteiger partial charge in [-0.05, 0) is 64.3 Å². The molecule has 2 aromatic heterocycles. The summed E-state index contributed by atoms with van der Waals surface area (Å²) in [6.07, 6.45) is 3.64. The minimum Gasteiger partial charge on any atom is -0.490 e. The number of pyridine rings is 1. The number of nitrogens with one attached hydrogen (secondary N) is 4. The molecule has 58 heavy (non-hydrogen) atoms. The Morgan fingerprint density at radius 3 is 2.26 bits per heavy atom. The lowest BCUT2D eigenvalue weighted by Crippen LogP contribution is -2.51. The van der Waals surface area contributed by atoms with Crippen molar-refractivity contribution in [1.82, 2.24) is 36.4 Å². The molecule has 4 N–H and O–H groups in total. The van der Waals surface area contributed by atoms with E-state index in [-0.39, 0.29) is 49.3 Å². The second kappa shape index (κ2) is 21.0. The van der Waals surface area contributed by atoms with Crippen molar-refractivity contribution in [1.29, 1.82) is 0 Å². The van der Waals surface area contributed by atoms with E-state index < -0.39 is 47.9 Å². The Morgan fingerprint density at radius 1 is 0.897 bits per heavy atom. The number of esters is 1. The summed E-state index contributed by atoms with van der Waals surface area (Å²) in [4.78, 5) is 62.7. The first-order valence-electron chi connectivity index (χ1n) is 19.3. The number of rotatable bonds is 22. The van der Waals surface area contributed by atoms with Gasteiger partial charge in [0.25, 0.3) is 5.91 Å². The third-order valence-corrected chi connectivity index (χ3v) is 8.95. The van der Waals surface area contributed by atoms with Gasteiger partial charge in [0, 0.05) is 25.1 Å². The Kier molecular flexibility index (Phi) is 15.7. The number of methoxy groups -OCH3 is 1. The molecule has 16 heteroatoms. The van der Waals surface area contributed by atoms with E-state index in [1.807, 2.05) is 60.7 Å². The van der Waals surface area contributed by atoms with Gasteiger partial charge in [-0.3, -0.25) is 19.2 Å². The van der Waals surface area contributed by atoms with E-state index >= 15 is 0 Å². The van der Waals surface area contributed by atoms with Crippen molar-refractivity contribution >= 4 is 23.7 Å². The van der Waals surface area contributed by atoms with Crippen LogP contribution in [-0.2, 0) is 43.3 Å². The normalized spacial score (nSPS) is 14.1. The second-order valence-electron chi connectivity index (χ2n) is 14.9. The lowest BCUT2D eigenvalue weighted by molar-refractivity contribution is -0.156. The molecule has 0 aliphatic heterocycles. The quantitative estimate of drug-likeness (QED) is 0.0843. The molecule has 0 saturated heterocycles. The average molecular weight is 800 g/mol. The molecule has 1 saturated carbocycles. The molecule has 4 aromatic rings. The molecule has 1 aliphatic rings. The summed E-state index contributed by atoms with van der Waals surface area (Å²) in [6.45, 7) is 5.63. The number of benzene rings is 2. The minimum atomic E-state index is -1.35. The van der Waals surface area contributed by atoms with Crippen molar-refractivity contribution in [3.63, 3.8) is 0 Å². The molecule has 3 atom stereocenters. The molecular formula is C42H53N7O9. The fourth-order valence-electron chi connectivity index (χ4n) is 5.89. The van der Waals surface area contributed by atoms with Crippen LogP contribution < -0.4 is 30.7 Å². The number of hydrogen-bond donors (Lipinski definition) is 4. The highest BCUT2D eigenvalue weighted by molar-refractivity contribution is 6.02. The van der Waals surface area contributed by atoms with Crippen molar-refractivity contribution in [2.24, 2.45) is 0 Å². The highest BCUT2D eigenvalue weighted by Gasteiger charge is 2.32. The number of amides is 3. The van der Waals surface area contributed by atoms with Crippen molar-refractivity contribution in [2.45, 2.75) is 89.1 Å².